The van der Waals surface area contributed by atoms with Crippen LogP contribution in [0.3, 0.4) is 0 Å². The van der Waals surface area contributed by atoms with Gasteiger partial charge in [-0.2, -0.15) is 0 Å². The fourth-order valence-corrected chi connectivity index (χ4v) is 5.18. The fraction of sp³-hybridized carbons (Fsp3) is 0.368. The molecule has 0 saturated carbocycles. The number of aromatic nitrogens is 5. The van der Waals surface area contributed by atoms with Crippen molar-refractivity contribution in [1.29, 1.82) is 0 Å². The molecular weight excluding hydrogens is 344 g/mol. The molecule has 0 N–H and O–H groups in total. The molecule has 0 radical (unpaired) electrons. The van der Waals surface area contributed by atoms with Crippen molar-refractivity contribution < 1.29 is 0 Å². The van der Waals surface area contributed by atoms with Gasteiger partial charge in [-0.1, -0.05) is 13.0 Å². The predicted molar refractivity (Wildman–Crippen MR) is 104 cm³/mol. The van der Waals surface area contributed by atoms with E-state index in [2.05, 4.69) is 39.0 Å². The Morgan fingerprint density at radius 1 is 1.27 bits per heavy atom. The van der Waals surface area contributed by atoms with Gasteiger partial charge in [-0.05, 0) is 42.9 Å². The second-order valence-corrected chi connectivity index (χ2v) is 8.21. The Morgan fingerprint density at radius 2 is 2.19 bits per heavy atom. The minimum Gasteiger partial charge on any atom is -0.351 e. The van der Waals surface area contributed by atoms with Crippen molar-refractivity contribution in [3.63, 3.8) is 0 Å². The van der Waals surface area contributed by atoms with Gasteiger partial charge in [0.1, 0.15) is 17.0 Å². The predicted octanol–water partition coefficient (Wildman–Crippen LogP) is 3.50. The van der Waals surface area contributed by atoms with Crippen molar-refractivity contribution in [2.24, 2.45) is 5.92 Å². The lowest BCUT2D eigenvalue weighted by Gasteiger charge is -2.21. The second-order valence-electron chi connectivity index (χ2n) is 7.13. The molecule has 4 heterocycles. The molecule has 0 spiro atoms. The van der Waals surface area contributed by atoms with Gasteiger partial charge in [0.15, 0.2) is 11.5 Å². The summed E-state index contributed by atoms with van der Waals surface area (Å²) in [5, 5.41) is 9.84. The van der Waals surface area contributed by atoms with Gasteiger partial charge in [-0.3, -0.25) is 4.40 Å². The van der Waals surface area contributed by atoms with Crippen LogP contribution in [0.15, 0.2) is 30.7 Å². The molecule has 1 aliphatic rings. The molecule has 6 nitrogen and oxygen atoms in total. The van der Waals surface area contributed by atoms with E-state index in [1.807, 2.05) is 40.1 Å². The van der Waals surface area contributed by atoms with Crippen LogP contribution in [0.1, 0.15) is 29.6 Å². The number of hydrogen-bond acceptors (Lipinski definition) is 6. The van der Waals surface area contributed by atoms with E-state index in [1.54, 1.807) is 6.33 Å². The topological polar surface area (TPSA) is 59.2 Å². The number of pyridine rings is 1. The highest BCUT2D eigenvalue weighted by Crippen LogP contribution is 2.40. The first-order chi connectivity index (χ1) is 12.7. The average Bonchev–Trinajstić information content (AvgIpc) is 3.22. The van der Waals surface area contributed by atoms with Gasteiger partial charge in [0.25, 0.3) is 0 Å². The maximum atomic E-state index is 4.63. The van der Waals surface area contributed by atoms with Crippen LogP contribution in [0, 0.1) is 5.92 Å². The molecule has 0 saturated heterocycles. The van der Waals surface area contributed by atoms with Crippen LogP contribution in [0.5, 0.6) is 0 Å². The first-order valence-electron chi connectivity index (χ1n) is 8.95. The van der Waals surface area contributed by atoms with E-state index in [4.69, 9.17) is 0 Å². The summed E-state index contributed by atoms with van der Waals surface area (Å²) in [4.78, 5) is 13.9. The zero-order valence-corrected chi connectivity index (χ0v) is 15.7. The minimum absolute atomic E-state index is 0.651. The highest BCUT2D eigenvalue weighted by molar-refractivity contribution is 7.19. The van der Waals surface area contributed by atoms with Crippen molar-refractivity contribution in [3.05, 3.63) is 47.0 Å². The van der Waals surface area contributed by atoms with Gasteiger partial charge >= 0.3 is 0 Å². The first kappa shape index (κ1) is 15.7. The van der Waals surface area contributed by atoms with Gasteiger partial charge in [0.2, 0.25) is 0 Å². The van der Waals surface area contributed by atoms with Gasteiger partial charge in [0.05, 0.1) is 11.9 Å². The summed E-state index contributed by atoms with van der Waals surface area (Å²) in [6, 6.07) is 5.94. The molecule has 0 aromatic carbocycles. The molecule has 4 aromatic rings. The number of rotatable bonds is 3. The number of fused-ring (bicyclic) bond motifs is 4. The van der Waals surface area contributed by atoms with Gasteiger partial charge < -0.3 is 4.90 Å². The quantitative estimate of drug-likeness (QED) is 0.557. The van der Waals surface area contributed by atoms with E-state index in [1.165, 1.54) is 22.2 Å². The molecule has 7 heteroatoms. The lowest BCUT2D eigenvalue weighted by molar-refractivity contribution is 0.509. The molecule has 0 aliphatic heterocycles. The zero-order chi connectivity index (χ0) is 17.7. The Kier molecular flexibility index (Phi) is 3.63. The molecule has 0 amide bonds. The van der Waals surface area contributed by atoms with Crippen LogP contribution >= 0.6 is 11.3 Å². The Labute approximate surface area is 155 Å². The number of aryl methyl sites for hydroxylation is 1. The summed E-state index contributed by atoms with van der Waals surface area (Å²) in [6.45, 7) is 2.99. The molecule has 132 valence electrons. The van der Waals surface area contributed by atoms with E-state index in [0.717, 1.165) is 40.9 Å². The lowest BCUT2D eigenvalue weighted by Crippen LogP contribution is -2.20. The van der Waals surface area contributed by atoms with Crippen molar-refractivity contribution in [2.75, 3.05) is 11.9 Å². The second kappa shape index (κ2) is 6.02. The molecule has 1 unspecified atom stereocenters. The number of thiophene rings is 1. The summed E-state index contributed by atoms with van der Waals surface area (Å²) in [7, 11) is 2.07. The normalized spacial score (nSPS) is 16.9. The number of anilines is 1. The Balaban J connectivity index is 1.56. The average molecular weight is 364 g/mol. The summed E-state index contributed by atoms with van der Waals surface area (Å²) >= 11 is 1.83. The third-order valence-corrected chi connectivity index (χ3v) is 6.36. The maximum absolute atomic E-state index is 4.63. The monoisotopic (exact) mass is 364 g/mol. The molecule has 26 heavy (non-hydrogen) atoms. The van der Waals surface area contributed by atoms with Crippen molar-refractivity contribution >= 4 is 33.0 Å². The fourth-order valence-electron chi connectivity index (χ4n) is 3.83. The maximum Gasteiger partial charge on any atom is 0.160 e. The van der Waals surface area contributed by atoms with E-state index in [0.29, 0.717) is 6.54 Å². The minimum atomic E-state index is 0.651. The third-order valence-electron chi connectivity index (χ3n) is 5.20. The molecule has 0 bridgehead atoms. The van der Waals surface area contributed by atoms with Crippen LogP contribution in [-0.2, 0) is 19.4 Å². The summed E-state index contributed by atoms with van der Waals surface area (Å²) in [5.41, 5.74) is 2.32. The van der Waals surface area contributed by atoms with E-state index in [-0.39, 0.29) is 0 Å². The van der Waals surface area contributed by atoms with Crippen LogP contribution in [0.4, 0.5) is 5.82 Å². The van der Waals surface area contributed by atoms with Gasteiger partial charge in [-0.15, -0.1) is 21.5 Å². The smallest absolute Gasteiger partial charge is 0.160 e. The molecule has 0 fully saturated rings. The highest BCUT2D eigenvalue weighted by Gasteiger charge is 2.24. The number of hydrogen-bond donors (Lipinski definition) is 0. The van der Waals surface area contributed by atoms with Gasteiger partial charge in [-0.25, -0.2) is 9.97 Å². The highest BCUT2D eigenvalue weighted by atomic mass is 32.1. The lowest BCUT2D eigenvalue weighted by atomic mass is 9.89. The third kappa shape index (κ3) is 2.46. The molecule has 1 aliphatic carbocycles. The van der Waals surface area contributed by atoms with E-state index in [9.17, 15) is 0 Å². The van der Waals surface area contributed by atoms with Crippen molar-refractivity contribution in [2.45, 2.75) is 32.7 Å². The molecular formula is C19H20N6S. The Hall–Kier alpha value is -2.54. The number of nitrogens with zero attached hydrogens (tertiary/aromatic N) is 6. The van der Waals surface area contributed by atoms with Crippen LogP contribution < -0.4 is 4.90 Å². The van der Waals surface area contributed by atoms with Crippen LogP contribution in [0.2, 0.25) is 0 Å². The SMILES string of the molecule is CC1CCc2c(sc3ncnc(N(C)Cc4nnc5ccccn45)c23)C1. The molecule has 5 rings (SSSR count). The largest absolute Gasteiger partial charge is 0.351 e. The standard InChI is InChI=1S/C19H20N6S/c1-12-6-7-13-14(9-12)26-19-17(13)18(20-11-21-19)24(2)10-16-23-22-15-5-3-4-8-25(15)16/h3-5,8,11-12H,6-7,9-10H2,1-2H3. The Morgan fingerprint density at radius 3 is 3.12 bits per heavy atom. The van der Waals surface area contributed by atoms with Crippen molar-refractivity contribution in [3.8, 4) is 0 Å². The van der Waals surface area contributed by atoms with Crippen LogP contribution in [-0.4, -0.2) is 31.6 Å². The zero-order valence-electron chi connectivity index (χ0n) is 14.9. The van der Waals surface area contributed by atoms with Gasteiger partial charge in [0, 0.05) is 18.1 Å². The molecule has 1 atom stereocenters. The van der Waals surface area contributed by atoms with Crippen LogP contribution in [0.25, 0.3) is 15.9 Å². The Bertz CT molecular complexity index is 1100. The summed E-state index contributed by atoms with van der Waals surface area (Å²) in [5.74, 6) is 2.66. The van der Waals surface area contributed by atoms with Crippen molar-refractivity contribution in [1.82, 2.24) is 24.6 Å². The molecule has 4 aromatic heterocycles. The van der Waals surface area contributed by atoms with E-state index >= 15 is 0 Å². The summed E-state index contributed by atoms with van der Waals surface area (Å²) < 4.78 is 2.03. The first-order valence-corrected chi connectivity index (χ1v) is 9.77. The summed E-state index contributed by atoms with van der Waals surface area (Å²) in [6.07, 6.45) is 7.21. The van der Waals surface area contributed by atoms with E-state index < -0.39 is 0 Å².